The lowest BCUT2D eigenvalue weighted by Gasteiger charge is -2.30. The summed E-state index contributed by atoms with van der Waals surface area (Å²) in [7, 11) is 0. The summed E-state index contributed by atoms with van der Waals surface area (Å²) < 4.78 is 0. The number of nitrogens with two attached hydrogens (primary N) is 1. The molecule has 0 saturated carbocycles. The molecule has 2 N–H and O–H groups in total. The van der Waals surface area contributed by atoms with Crippen LogP contribution < -0.4 is 5.84 Å². The molecule has 1 heterocycles. The molecule has 3 rings (SSSR count). The Labute approximate surface area is 107 Å². The minimum Gasteiger partial charge on any atom is -0.273 e. The first-order chi connectivity index (χ1) is 8.70. The fourth-order valence-corrected chi connectivity index (χ4v) is 2.86. The fraction of sp³-hybridized carbons (Fsp3) is 0.267. The van der Waals surface area contributed by atoms with Crippen molar-refractivity contribution in [2.75, 3.05) is 0 Å². The van der Waals surface area contributed by atoms with Gasteiger partial charge in [0.2, 0.25) is 5.91 Å². The molecule has 0 fully saturated rings. The molecule has 0 radical (unpaired) electrons. The summed E-state index contributed by atoms with van der Waals surface area (Å²) in [6, 6.07) is 8.05. The molecule has 1 aliphatic carbocycles. The van der Waals surface area contributed by atoms with Crippen LogP contribution in [0.15, 0.2) is 48.6 Å². The average Bonchev–Trinajstić information content (AvgIpc) is 2.51. The predicted octanol–water partition coefficient (Wildman–Crippen LogP) is 2.08. The number of carbonyl (C=O) groups is 1. The van der Waals surface area contributed by atoms with Gasteiger partial charge in [0.25, 0.3) is 0 Å². The highest BCUT2D eigenvalue weighted by Crippen LogP contribution is 2.37. The van der Waals surface area contributed by atoms with Crippen LogP contribution in [-0.4, -0.2) is 17.0 Å². The quantitative estimate of drug-likeness (QED) is 0.557. The van der Waals surface area contributed by atoms with Crippen LogP contribution in [0.1, 0.15) is 29.9 Å². The van der Waals surface area contributed by atoms with E-state index < -0.39 is 0 Å². The van der Waals surface area contributed by atoms with E-state index in [2.05, 4.69) is 12.1 Å². The van der Waals surface area contributed by atoms with Crippen molar-refractivity contribution in [1.82, 2.24) is 5.01 Å². The lowest BCUT2D eigenvalue weighted by atomic mass is 9.84. The summed E-state index contributed by atoms with van der Waals surface area (Å²) in [6.45, 7) is 1.92. The highest BCUT2D eigenvalue weighted by Gasteiger charge is 2.36. The summed E-state index contributed by atoms with van der Waals surface area (Å²) in [5.41, 5.74) is 2.29. The first-order valence-electron chi connectivity index (χ1n) is 6.21. The number of rotatable bonds is 0. The van der Waals surface area contributed by atoms with Gasteiger partial charge in [-0.05, 0) is 18.1 Å². The zero-order valence-electron chi connectivity index (χ0n) is 10.3. The standard InChI is InChI=1S/C15H16N2O/c1-10-11-6-2-3-7-12(11)13-8-4-5-9-14(13)17(16)15(10)18/h2-10,13-14H,16H2,1H3. The van der Waals surface area contributed by atoms with Crippen LogP contribution in [0.25, 0.3) is 0 Å². The molecule has 3 atom stereocenters. The monoisotopic (exact) mass is 240 g/mol. The molecule has 3 nitrogen and oxygen atoms in total. The first kappa shape index (κ1) is 11.2. The van der Waals surface area contributed by atoms with Crippen LogP contribution in [0.5, 0.6) is 0 Å². The Morgan fingerprint density at radius 2 is 1.78 bits per heavy atom. The molecule has 1 aromatic rings. The van der Waals surface area contributed by atoms with Gasteiger partial charge in [-0.3, -0.25) is 9.80 Å². The molecule has 3 unspecified atom stereocenters. The van der Waals surface area contributed by atoms with Gasteiger partial charge in [-0.1, -0.05) is 48.6 Å². The summed E-state index contributed by atoms with van der Waals surface area (Å²) >= 11 is 0. The van der Waals surface area contributed by atoms with Gasteiger partial charge < -0.3 is 0 Å². The maximum atomic E-state index is 12.3. The van der Waals surface area contributed by atoms with Gasteiger partial charge >= 0.3 is 0 Å². The first-order valence-corrected chi connectivity index (χ1v) is 6.21. The molecule has 18 heavy (non-hydrogen) atoms. The minimum absolute atomic E-state index is 0.0186. The lowest BCUT2D eigenvalue weighted by molar-refractivity contribution is -0.134. The largest absolute Gasteiger partial charge is 0.273 e. The van der Waals surface area contributed by atoms with Crippen LogP contribution >= 0.6 is 0 Å². The molecule has 3 heteroatoms. The van der Waals surface area contributed by atoms with Crippen molar-refractivity contribution in [3.05, 3.63) is 59.7 Å². The molecule has 0 bridgehead atoms. The van der Waals surface area contributed by atoms with Gasteiger partial charge in [0.15, 0.2) is 0 Å². The summed E-state index contributed by atoms with van der Waals surface area (Å²) in [5, 5.41) is 1.38. The van der Waals surface area contributed by atoms with Crippen molar-refractivity contribution >= 4 is 5.91 Å². The van der Waals surface area contributed by atoms with Gasteiger partial charge in [0.1, 0.15) is 0 Å². The van der Waals surface area contributed by atoms with Crippen molar-refractivity contribution in [2.24, 2.45) is 5.84 Å². The predicted molar refractivity (Wildman–Crippen MR) is 70.7 cm³/mol. The number of allylic oxidation sites excluding steroid dienone is 2. The molecule has 1 amide bonds. The van der Waals surface area contributed by atoms with Gasteiger partial charge in [0, 0.05) is 5.92 Å². The molecular weight excluding hydrogens is 224 g/mol. The van der Waals surface area contributed by atoms with E-state index in [1.165, 1.54) is 10.6 Å². The van der Waals surface area contributed by atoms with E-state index in [4.69, 9.17) is 5.84 Å². The summed E-state index contributed by atoms with van der Waals surface area (Å²) in [6.07, 6.45) is 8.09. The second-order valence-corrected chi connectivity index (χ2v) is 4.88. The van der Waals surface area contributed by atoms with Crippen LogP contribution in [-0.2, 0) is 4.79 Å². The lowest BCUT2D eigenvalue weighted by Crippen LogP contribution is -2.47. The normalized spacial score (nSPS) is 29.8. The van der Waals surface area contributed by atoms with Crippen molar-refractivity contribution in [3.63, 3.8) is 0 Å². The molecule has 0 aromatic heterocycles. The van der Waals surface area contributed by atoms with Crippen LogP contribution in [0.3, 0.4) is 0 Å². The highest BCUT2D eigenvalue weighted by atomic mass is 16.2. The number of amides is 1. The Balaban J connectivity index is 2.20. The highest BCUT2D eigenvalue weighted by molar-refractivity contribution is 5.85. The molecule has 1 aliphatic heterocycles. The zero-order chi connectivity index (χ0) is 12.7. The van der Waals surface area contributed by atoms with E-state index >= 15 is 0 Å². The van der Waals surface area contributed by atoms with E-state index in [-0.39, 0.29) is 23.8 Å². The van der Waals surface area contributed by atoms with Crippen molar-refractivity contribution in [2.45, 2.75) is 24.8 Å². The smallest absolute Gasteiger partial charge is 0.244 e. The molecule has 0 spiro atoms. The SMILES string of the molecule is CC1C(=O)N(N)C2C=CC=CC2c2ccccc21. The van der Waals surface area contributed by atoms with Crippen LogP contribution in [0, 0.1) is 0 Å². The second-order valence-electron chi connectivity index (χ2n) is 4.88. The van der Waals surface area contributed by atoms with Crippen LogP contribution in [0.4, 0.5) is 0 Å². The Morgan fingerprint density at radius 3 is 2.56 bits per heavy atom. The Morgan fingerprint density at radius 1 is 1.11 bits per heavy atom. The number of nitrogens with zero attached hydrogens (tertiary/aromatic N) is 1. The number of hydrogen-bond acceptors (Lipinski definition) is 2. The van der Waals surface area contributed by atoms with Crippen LogP contribution in [0.2, 0.25) is 0 Å². The van der Waals surface area contributed by atoms with E-state index in [1.54, 1.807) is 0 Å². The summed E-state index contributed by atoms with van der Waals surface area (Å²) in [4.78, 5) is 12.3. The molecule has 2 aliphatic rings. The number of hydrazine groups is 1. The number of fused-ring (bicyclic) bond motifs is 3. The van der Waals surface area contributed by atoms with E-state index in [0.717, 1.165) is 5.56 Å². The Kier molecular flexibility index (Phi) is 2.56. The van der Waals surface area contributed by atoms with Crippen molar-refractivity contribution < 1.29 is 4.79 Å². The molecule has 92 valence electrons. The Hall–Kier alpha value is -1.87. The molecular formula is C15H16N2O. The minimum atomic E-state index is -0.182. The summed E-state index contributed by atoms with van der Waals surface area (Å²) in [5.74, 6) is 5.96. The average molecular weight is 240 g/mol. The van der Waals surface area contributed by atoms with E-state index in [0.29, 0.717) is 0 Å². The second kappa shape index (κ2) is 4.10. The van der Waals surface area contributed by atoms with E-state index in [9.17, 15) is 4.79 Å². The molecule has 0 saturated heterocycles. The van der Waals surface area contributed by atoms with Crippen molar-refractivity contribution in [1.29, 1.82) is 0 Å². The fourth-order valence-electron chi connectivity index (χ4n) is 2.86. The number of benzene rings is 1. The van der Waals surface area contributed by atoms with Gasteiger partial charge in [-0.2, -0.15) is 0 Å². The third kappa shape index (κ3) is 1.51. The third-order valence-corrected chi connectivity index (χ3v) is 3.87. The third-order valence-electron chi connectivity index (χ3n) is 3.87. The van der Waals surface area contributed by atoms with Gasteiger partial charge in [-0.15, -0.1) is 0 Å². The van der Waals surface area contributed by atoms with Crippen molar-refractivity contribution in [3.8, 4) is 0 Å². The van der Waals surface area contributed by atoms with Gasteiger partial charge in [0.05, 0.1) is 12.0 Å². The maximum Gasteiger partial charge on any atom is 0.244 e. The number of carbonyl (C=O) groups excluding carboxylic acids is 1. The maximum absolute atomic E-state index is 12.3. The Bertz CT molecular complexity index is 547. The zero-order valence-corrected chi connectivity index (χ0v) is 10.3. The topological polar surface area (TPSA) is 46.3 Å². The number of hydrogen-bond donors (Lipinski definition) is 1. The van der Waals surface area contributed by atoms with Gasteiger partial charge in [-0.25, -0.2) is 5.84 Å². The van der Waals surface area contributed by atoms with E-state index in [1.807, 2.05) is 43.4 Å². The molecule has 1 aromatic carbocycles.